The molecule has 3 nitrogen and oxygen atoms in total. The second-order valence-electron chi connectivity index (χ2n) is 5.51. The highest BCUT2D eigenvalue weighted by atomic mass is 79.9. The molecule has 1 atom stereocenters. The van der Waals surface area contributed by atoms with Crippen LogP contribution in [-0.4, -0.2) is 18.5 Å². The minimum atomic E-state index is -0.400. The summed E-state index contributed by atoms with van der Waals surface area (Å²) in [4.78, 5) is 11.8. The van der Waals surface area contributed by atoms with Crippen molar-refractivity contribution in [3.63, 3.8) is 0 Å². The van der Waals surface area contributed by atoms with Crippen molar-refractivity contribution >= 4 is 21.8 Å². The lowest BCUT2D eigenvalue weighted by molar-refractivity contribution is -0.122. The highest BCUT2D eigenvalue weighted by molar-refractivity contribution is 9.10. The fraction of sp³-hybridized carbons (Fsp3) is 0.533. The second kappa shape index (κ2) is 7.06. The molecule has 1 amide bonds. The number of nitrogens with two attached hydrogens (primary N) is 1. The summed E-state index contributed by atoms with van der Waals surface area (Å²) >= 11 is 3.47. The lowest BCUT2D eigenvalue weighted by atomic mass is 9.84. The van der Waals surface area contributed by atoms with Gasteiger partial charge in [-0.2, -0.15) is 0 Å². The van der Waals surface area contributed by atoms with Crippen molar-refractivity contribution in [2.45, 2.75) is 45.1 Å². The lowest BCUT2D eigenvalue weighted by Crippen LogP contribution is -2.45. The first-order chi connectivity index (χ1) is 8.86. The number of carbonyl (C=O) groups is 1. The molecule has 1 unspecified atom stereocenters. The molecule has 19 heavy (non-hydrogen) atoms. The molecule has 1 aromatic rings. The van der Waals surface area contributed by atoms with Crippen molar-refractivity contribution in [1.29, 1.82) is 0 Å². The van der Waals surface area contributed by atoms with E-state index in [0.29, 0.717) is 6.54 Å². The van der Waals surface area contributed by atoms with E-state index in [9.17, 15) is 4.79 Å². The Labute approximate surface area is 124 Å². The Balaban J connectivity index is 2.63. The van der Waals surface area contributed by atoms with Crippen molar-refractivity contribution in [1.82, 2.24) is 5.32 Å². The Bertz CT molecular complexity index is 432. The van der Waals surface area contributed by atoms with E-state index in [0.717, 1.165) is 17.3 Å². The fourth-order valence-electron chi connectivity index (χ4n) is 1.89. The van der Waals surface area contributed by atoms with Crippen LogP contribution in [0, 0.1) is 0 Å². The van der Waals surface area contributed by atoms with Gasteiger partial charge >= 0.3 is 0 Å². The molecule has 0 radical (unpaired) electrons. The molecule has 0 saturated carbocycles. The van der Waals surface area contributed by atoms with Crippen molar-refractivity contribution in [3.8, 4) is 0 Å². The van der Waals surface area contributed by atoms with Gasteiger partial charge < -0.3 is 11.1 Å². The Morgan fingerprint density at radius 3 is 2.74 bits per heavy atom. The molecule has 0 aliphatic heterocycles. The second-order valence-corrected chi connectivity index (χ2v) is 6.42. The van der Waals surface area contributed by atoms with Gasteiger partial charge in [-0.05, 0) is 24.1 Å². The third-order valence-corrected chi connectivity index (χ3v) is 3.74. The maximum Gasteiger partial charge on any atom is 0.236 e. The molecule has 0 spiro atoms. The van der Waals surface area contributed by atoms with Gasteiger partial charge in [0.1, 0.15) is 0 Å². The van der Waals surface area contributed by atoms with Gasteiger partial charge in [0, 0.05) is 16.4 Å². The molecule has 0 saturated heterocycles. The van der Waals surface area contributed by atoms with Crippen molar-refractivity contribution in [3.05, 3.63) is 34.3 Å². The number of halogens is 1. The summed E-state index contributed by atoms with van der Waals surface area (Å²) in [6.07, 6.45) is 1.65. The standard InChI is InChI=1S/C15H23BrN2O/c1-4-6-13(17)14(19)18-10-15(2,3)11-7-5-8-12(16)9-11/h5,7-9,13H,4,6,10,17H2,1-3H3,(H,18,19). The monoisotopic (exact) mass is 326 g/mol. The quantitative estimate of drug-likeness (QED) is 0.844. The van der Waals surface area contributed by atoms with E-state index in [4.69, 9.17) is 5.73 Å². The number of amides is 1. The molecule has 106 valence electrons. The van der Waals surface area contributed by atoms with Crippen LogP contribution in [-0.2, 0) is 10.2 Å². The first-order valence-electron chi connectivity index (χ1n) is 6.66. The average molecular weight is 327 g/mol. The van der Waals surface area contributed by atoms with Crippen LogP contribution < -0.4 is 11.1 Å². The van der Waals surface area contributed by atoms with Crippen LogP contribution in [0.2, 0.25) is 0 Å². The molecule has 0 heterocycles. The van der Waals surface area contributed by atoms with Crippen LogP contribution in [0.4, 0.5) is 0 Å². The van der Waals surface area contributed by atoms with E-state index in [2.05, 4.69) is 47.2 Å². The topological polar surface area (TPSA) is 55.1 Å². The number of nitrogens with one attached hydrogen (secondary N) is 1. The number of hydrogen-bond acceptors (Lipinski definition) is 2. The van der Waals surface area contributed by atoms with Crippen molar-refractivity contribution in [2.24, 2.45) is 5.73 Å². The largest absolute Gasteiger partial charge is 0.354 e. The zero-order valence-electron chi connectivity index (χ0n) is 11.9. The Morgan fingerprint density at radius 1 is 1.47 bits per heavy atom. The summed E-state index contributed by atoms with van der Waals surface area (Å²) in [5.41, 5.74) is 6.87. The number of rotatable bonds is 6. The maximum atomic E-state index is 11.8. The highest BCUT2D eigenvalue weighted by Crippen LogP contribution is 2.25. The zero-order chi connectivity index (χ0) is 14.5. The Morgan fingerprint density at radius 2 is 2.16 bits per heavy atom. The summed E-state index contributed by atoms with van der Waals surface area (Å²) < 4.78 is 1.05. The summed E-state index contributed by atoms with van der Waals surface area (Å²) in [6.45, 7) is 6.83. The Hall–Kier alpha value is -0.870. The number of benzene rings is 1. The van der Waals surface area contributed by atoms with Crippen LogP contribution >= 0.6 is 15.9 Å². The predicted molar refractivity (Wildman–Crippen MR) is 83.1 cm³/mol. The fourth-order valence-corrected chi connectivity index (χ4v) is 2.29. The molecule has 0 fully saturated rings. The van der Waals surface area contributed by atoms with Gasteiger partial charge in [0.25, 0.3) is 0 Å². The highest BCUT2D eigenvalue weighted by Gasteiger charge is 2.22. The van der Waals surface area contributed by atoms with E-state index >= 15 is 0 Å². The zero-order valence-corrected chi connectivity index (χ0v) is 13.5. The van der Waals surface area contributed by atoms with Gasteiger partial charge in [0.05, 0.1) is 6.04 Å². The number of hydrogen-bond donors (Lipinski definition) is 2. The molecule has 0 bridgehead atoms. The average Bonchev–Trinajstić information content (AvgIpc) is 2.36. The smallest absolute Gasteiger partial charge is 0.236 e. The van der Waals surface area contributed by atoms with Crippen LogP contribution in [0.15, 0.2) is 28.7 Å². The Kier molecular flexibility index (Phi) is 6.01. The van der Waals surface area contributed by atoms with Crippen LogP contribution in [0.3, 0.4) is 0 Å². The first-order valence-corrected chi connectivity index (χ1v) is 7.45. The molecule has 3 N–H and O–H groups in total. The van der Waals surface area contributed by atoms with E-state index in [1.165, 1.54) is 5.56 Å². The van der Waals surface area contributed by atoms with Crippen molar-refractivity contribution in [2.75, 3.05) is 6.54 Å². The van der Waals surface area contributed by atoms with Gasteiger partial charge in [-0.3, -0.25) is 4.79 Å². The van der Waals surface area contributed by atoms with Crippen molar-refractivity contribution < 1.29 is 4.79 Å². The van der Waals surface area contributed by atoms with Gasteiger partial charge in [0.15, 0.2) is 0 Å². The van der Waals surface area contributed by atoms with Crippen LogP contribution in [0.5, 0.6) is 0 Å². The van der Waals surface area contributed by atoms with Gasteiger partial charge in [0.2, 0.25) is 5.91 Å². The van der Waals surface area contributed by atoms with Crippen LogP contribution in [0.1, 0.15) is 39.2 Å². The molecule has 0 aliphatic carbocycles. The van der Waals surface area contributed by atoms with E-state index in [-0.39, 0.29) is 11.3 Å². The molecular weight excluding hydrogens is 304 g/mol. The lowest BCUT2D eigenvalue weighted by Gasteiger charge is -2.26. The third kappa shape index (κ3) is 4.96. The van der Waals surface area contributed by atoms with E-state index in [1.807, 2.05) is 19.1 Å². The first kappa shape index (κ1) is 16.2. The minimum Gasteiger partial charge on any atom is -0.354 e. The number of carbonyl (C=O) groups excluding carboxylic acids is 1. The van der Waals surface area contributed by atoms with Gasteiger partial charge in [-0.15, -0.1) is 0 Å². The van der Waals surface area contributed by atoms with Gasteiger partial charge in [-0.25, -0.2) is 0 Å². The molecular formula is C15H23BrN2O. The molecule has 0 aromatic heterocycles. The molecule has 0 aliphatic rings. The minimum absolute atomic E-state index is 0.0649. The van der Waals surface area contributed by atoms with E-state index in [1.54, 1.807) is 0 Å². The van der Waals surface area contributed by atoms with Gasteiger partial charge in [-0.1, -0.05) is 55.3 Å². The summed E-state index contributed by atoms with van der Waals surface area (Å²) in [6, 6.07) is 7.76. The molecule has 1 aromatic carbocycles. The molecule has 1 rings (SSSR count). The normalized spacial score (nSPS) is 13.1. The predicted octanol–water partition coefficient (Wildman–Crippen LogP) is 2.97. The maximum absolute atomic E-state index is 11.8. The summed E-state index contributed by atoms with van der Waals surface area (Å²) in [5, 5.41) is 2.95. The van der Waals surface area contributed by atoms with Crippen LogP contribution in [0.25, 0.3) is 0 Å². The SMILES string of the molecule is CCCC(N)C(=O)NCC(C)(C)c1cccc(Br)c1. The summed E-state index contributed by atoms with van der Waals surface area (Å²) in [5.74, 6) is -0.0649. The third-order valence-electron chi connectivity index (χ3n) is 3.25. The van der Waals surface area contributed by atoms with E-state index < -0.39 is 6.04 Å². The summed E-state index contributed by atoms with van der Waals surface area (Å²) in [7, 11) is 0. The molecule has 4 heteroatoms.